The summed E-state index contributed by atoms with van der Waals surface area (Å²) in [5.41, 5.74) is 1.00. The molecule has 1 spiro atoms. The quantitative estimate of drug-likeness (QED) is 0.382. The molecule has 6 rings (SSSR count). The van der Waals surface area contributed by atoms with Crippen LogP contribution in [0.3, 0.4) is 0 Å². The van der Waals surface area contributed by atoms with E-state index in [9.17, 15) is 24.5 Å². The van der Waals surface area contributed by atoms with E-state index < -0.39 is 34.1 Å². The van der Waals surface area contributed by atoms with Gasteiger partial charge in [-0.3, -0.25) is 29.4 Å². The van der Waals surface area contributed by atoms with Crippen molar-refractivity contribution in [3.63, 3.8) is 0 Å². The molecule has 4 aliphatic rings. The van der Waals surface area contributed by atoms with Gasteiger partial charge in [-0.2, -0.15) is 0 Å². The number of methoxy groups -OCH3 is 1. The zero-order valence-electron chi connectivity index (χ0n) is 19.8. The highest BCUT2D eigenvalue weighted by molar-refractivity contribution is 6.32. The van der Waals surface area contributed by atoms with E-state index in [0.29, 0.717) is 40.4 Å². The van der Waals surface area contributed by atoms with Crippen LogP contribution in [0.2, 0.25) is 5.02 Å². The number of rotatable bonds is 3. The number of nitrogens with one attached hydrogen (secondary N) is 1. The van der Waals surface area contributed by atoms with Crippen molar-refractivity contribution in [3.8, 4) is 5.75 Å². The normalized spacial score (nSPS) is 28.5. The molecule has 0 aromatic heterocycles. The maximum Gasteiger partial charge on any atom is 0.311 e. The number of hydrogen-bond acceptors (Lipinski definition) is 7. The fourth-order valence-corrected chi connectivity index (χ4v) is 6.99. The number of imide groups is 1. The molecule has 4 atom stereocenters. The van der Waals surface area contributed by atoms with Crippen molar-refractivity contribution in [2.24, 2.45) is 11.8 Å². The molecule has 4 aliphatic heterocycles. The summed E-state index contributed by atoms with van der Waals surface area (Å²) in [5.74, 6) is -2.92. The van der Waals surface area contributed by atoms with E-state index in [2.05, 4.69) is 5.32 Å². The predicted molar refractivity (Wildman–Crippen MR) is 130 cm³/mol. The summed E-state index contributed by atoms with van der Waals surface area (Å²) in [6, 6.07) is 5.88. The van der Waals surface area contributed by atoms with Crippen molar-refractivity contribution >= 4 is 46.4 Å². The van der Waals surface area contributed by atoms with E-state index in [-0.39, 0.29) is 29.1 Å². The van der Waals surface area contributed by atoms with Gasteiger partial charge in [-0.1, -0.05) is 17.7 Å². The van der Waals surface area contributed by atoms with Gasteiger partial charge in [0.2, 0.25) is 17.7 Å². The molecule has 36 heavy (non-hydrogen) atoms. The third-order valence-electron chi connectivity index (χ3n) is 8.30. The van der Waals surface area contributed by atoms with Crippen LogP contribution in [0.4, 0.5) is 17.1 Å². The zero-order valence-corrected chi connectivity index (χ0v) is 20.6. The second-order valence-electron chi connectivity index (χ2n) is 9.80. The van der Waals surface area contributed by atoms with Crippen LogP contribution >= 0.6 is 11.6 Å². The van der Waals surface area contributed by atoms with Crippen molar-refractivity contribution < 1.29 is 24.0 Å². The molecular weight excluding hydrogens is 488 g/mol. The lowest BCUT2D eigenvalue weighted by molar-refractivity contribution is -0.385. The third-order valence-corrected chi connectivity index (χ3v) is 8.71. The molecule has 4 heterocycles. The minimum atomic E-state index is -1.32. The Bertz CT molecular complexity index is 1410. The topological polar surface area (TPSA) is 122 Å². The van der Waals surface area contributed by atoms with Gasteiger partial charge in [-0.15, -0.1) is 0 Å². The minimum Gasteiger partial charge on any atom is -0.490 e. The summed E-state index contributed by atoms with van der Waals surface area (Å²) in [6.07, 6.45) is 1.49. The summed E-state index contributed by atoms with van der Waals surface area (Å²) in [4.78, 5) is 56.0. The maximum atomic E-state index is 14.2. The second kappa shape index (κ2) is 7.50. The minimum absolute atomic E-state index is 0.0512. The van der Waals surface area contributed by atoms with E-state index in [4.69, 9.17) is 16.3 Å². The Balaban J connectivity index is 1.54. The lowest BCUT2D eigenvalue weighted by atomic mass is 9.75. The van der Waals surface area contributed by atoms with Crippen molar-refractivity contribution in [1.82, 2.24) is 4.90 Å². The predicted octanol–water partition coefficient (Wildman–Crippen LogP) is 3.30. The first-order valence-corrected chi connectivity index (χ1v) is 12.1. The second-order valence-corrected chi connectivity index (χ2v) is 10.2. The van der Waals surface area contributed by atoms with Crippen molar-refractivity contribution in [2.75, 3.05) is 23.9 Å². The Morgan fingerprint density at radius 1 is 1.19 bits per heavy atom. The van der Waals surface area contributed by atoms with Gasteiger partial charge < -0.3 is 10.1 Å². The Labute approximate surface area is 211 Å². The molecule has 0 aliphatic carbocycles. The number of carbonyl (C=O) groups excluding carboxylic acids is 3. The zero-order chi connectivity index (χ0) is 25.7. The van der Waals surface area contributed by atoms with Gasteiger partial charge in [0, 0.05) is 28.8 Å². The van der Waals surface area contributed by atoms with Gasteiger partial charge in [0.25, 0.3) is 0 Å². The first kappa shape index (κ1) is 22.9. The molecule has 2 aromatic carbocycles. The highest BCUT2D eigenvalue weighted by Gasteiger charge is 2.74. The Kier molecular flexibility index (Phi) is 4.78. The summed E-state index contributed by atoms with van der Waals surface area (Å²) in [5, 5.41) is 14.9. The van der Waals surface area contributed by atoms with Crippen molar-refractivity contribution in [2.45, 2.75) is 38.3 Å². The number of ether oxygens (including phenoxy) is 1. The van der Waals surface area contributed by atoms with Crippen LogP contribution in [0.15, 0.2) is 24.3 Å². The van der Waals surface area contributed by atoms with Gasteiger partial charge in [0.15, 0.2) is 5.75 Å². The van der Waals surface area contributed by atoms with Crippen LogP contribution < -0.4 is 15.0 Å². The molecule has 0 unspecified atom stereocenters. The summed E-state index contributed by atoms with van der Waals surface area (Å²) >= 11 is 6.34. The number of hydrogen-bond donors (Lipinski definition) is 1. The Morgan fingerprint density at radius 2 is 1.94 bits per heavy atom. The number of halogens is 1. The van der Waals surface area contributed by atoms with Crippen LogP contribution in [0.25, 0.3) is 0 Å². The smallest absolute Gasteiger partial charge is 0.311 e. The van der Waals surface area contributed by atoms with Crippen molar-refractivity contribution in [3.05, 3.63) is 56.1 Å². The Hall–Kier alpha value is -3.50. The van der Waals surface area contributed by atoms with Gasteiger partial charge in [0.1, 0.15) is 5.54 Å². The van der Waals surface area contributed by atoms with E-state index >= 15 is 0 Å². The highest BCUT2D eigenvalue weighted by Crippen LogP contribution is 2.61. The number of amides is 3. The number of benzene rings is 2. The molecule has 0 saturated carbocycles. The van der Waals surface area contributed by atoms with Crippen LogP contribution in [0, 0.1) is 35.8 Å². The molecule has 186 valence electrons. The summed E-state index contributed by atoms with van der Waals surface area (Å²) < 4.78 is 5.20. The molecule has 3 fully saturated rings. The Morgan fingerprint density at radius 3 is 2.64 bits per heavy atom. The molecule has 10 nitrogen and oxygen atoms in total. The van der Waals surface area contributed by atoms with Crippen LogP contribution in [0.5, 0.6) is 5.75 Å². The van der Waals surface area contributed by atoms with Crippen LogP contribution in [-0.4, -0.2) is 47.2 Å². The third kappa shape index (κ3) is 2.58. The number of fused-ring (bicyclic) bond motifs is 7. The van der Waals surface area contributed by atoms with Gasteiger partial charge in [-0.25, -0.2) is 4.90 Å². The van der Waals surface area contributed by atoms with E-state index in [1.807, 2.05) is 11.8 Å². The molecule has 3 saturated heterocycles. The van der Waals surface area contributed by atoms with Gasteiger partial charge in [-0.05, 0) is 50.4 Å². The fraction of sp³-hybridized carbons (Fsp3) is 0.400. The standard InChI is InChI=1S/C25H23ClN4O6/c1-11-9-17(30(34)35)18(36-3)10-16(11)29-22(31)19-15-5-4-8-28(15)25(20(19)23(29)32)13-6-7-14(26)12(2)21(13)27-24(25)33/h6-7,9-10,15,19-20H,4-5,8H2,1-3H3,(H,27,33)/t15-,19+,20-,25+/m0/s1. The maximum absolute atomic E-state index is 14.2. The first-order valence-electron chi connectivity index (χ1n) is 11.7. The molecule has 3 amide bonds. The monoisotopic (exact) mass is 510 g/mol. The van der Waals surface area contributed by atoms with Crippen LogP contribution in [0.1, 0.15) is 29.5 Å². The van der Waals surface area contributed by atoms with E-state index in [1.165, 1.54) is 19.2 Å². The lowest BCUT2D eigenvalue weighted by Gasteiger charge is -2.36. The van der Waals surface area contributed by atoms with Crippen molar-refractivity contribution in [1.29, 1.82) is 0 Å². The van der Waals surface area contributed by atoms with E-state index in [1.54, 1.807) is 19.1 Å². The molecule has 2 aromatic rings. The molecule has 1 N–H and O–H groups in total. The van der Waals surface area contributed by atoms with Gasteiger partial charge in [0.05, 0.1) is 35.2 Å². The average Bonchev–Trinajstić information content (AvgIpc) is 3.55. The number of nitro groups is 1. The number of nitrogens with zero attached hydrogens (tertiary/aromatic N) is 3. The number of anilines is 2. The molecule has 0 radical (unpaired) electrons. The number of aryl methyl sites for hydroxylation is 1. The molecule has 0 bridgehead atoms. The summed E-state index contributed by atoms with van der Waals surface area (Å²) in [7, 11) is 1.29. The highest BCUT2D eigenvalue weighted by atomic mass is 35.5. The van der Waals surface area contributed by atoms with E-state index in [0.717, 1.165) is 11.3 Å². The fourth-order valence-electron chi connectivity index (χ4n) is 6.84. The number of nitro benzene ring substituents is 1. The molecule has 11 heteroatoms. The SMILES string of the molecule is COc1cc(N2C(=O)[C@H]3[C@@H](C2=O)[C@]2(C(=O)Nc4c2ccc(Cl)c4C)N2CCC[C@@H]32)c(C)cc1[N+](=O)[O-]. The molecular formula is C25H23ClN4O6. The van der Waals surface area contributed by atoms with Gasteiger partial charge >= 0.3 is 5.69 Å². The van der Waals surface area contributed by atoms with Crippen LogP contribution in [-0.2, 0) is 19.9 Å². The average molecular weight is 511 g/mol. The summed E-state index contributed by atoms with van der Waals surface area (Å²) in [6.45, 7) is 4.02. The number of carbonyl (C=O) groups is 3. The lowest BCUT2D eigenvalue weighted by Crippen LogP contribution is -2.54. The largest absolute Gasteiger partial charge is 0.490 e. The first-order chi connectivity index (χ1) is 17.1.